The van der Waals surface area contributed by atoms with E-state index in [0.29, 0.717) is 0 Å². The first-order valence-corrected chi connectivity index (χ1v) is 5.03. The van der Waals surface area contributed by atoms with E-state index in [1.54, 1.807) is 11.8 Å². The van der Waals surface area contributed by atoms with Crippen LogP contribution < -0.4 is 0 Å². The van der Waals surface area contributed by atoms with Gasteiger partial charge < -0.3 is 4.74 Å². The molecule has 0 spiro atoms. The summed E-state index contributed by atoms with van der Waals surface area (Å²) in [6.45, 7) is 1.88. The van der Waals surface area contributed by atoms with E-state index in [0.717, 1.165) is 9.80 Å². The zero-order valence-corrected chi connectivity index (χ0v) is 9.01. The number of esters is 1. The van der Waals surface area contributed by atoms with E-state index in [9.17, 15) is 4.79 Å². The second kappa shape index (κ2) is 5.50. The maximum atomic E-state index is 10.9. The van der Waals surface area contributed by atoms with E-state index in [2.05, 4.69) is 4.74 Å². The molecule has 0 N–H and O–H groups in total. The number of benzene rings is 1. The summed E-state index contributed by atoms with van der Waals surface area (Å²) in [5, 5.41) is 0. The van der Waals surface area contributed by atoms with Gasteiger partial charge in [0.1, 0.15) is 0 Å². The summed E-state index contributed by atoms with van der Waals surface area (Å²) >= 11 is 1.55. The molecule has 0 unspecified atom stereocenters. The Kier molecular flexibility index (Phi) is 4.26. The molecule has 0 bridgehead atoms. The Bertz CT molecular complexity index is 330. The SMILES string of the molecule is COC(=O)/C=C(/C)Sc1ccccc1. The molecule has 0 atom stereocenters. The fourth-order valence-corrected chi connectivity index (χ4v) is 1.75. The highest BCUT2D eigenvalue weighted by atomic mass is 32.2. The van der Waals surface area contributed by atoms with Crippen molar-refractivity contribution in [3.05, 3.63) is 41.3 Å². The van der Waals surface area contributed by atoms with Gasteiger partial charge in [-0.1, -0.05) is 30.0 Å². The molecule has 14 heavy (non-hydrogen) atoms. The van der Waals surface area contributed by atoms with Crippen LogP contribution in [-0.4, -0.2) is 13.1 Å². The highest BCUT2D eigenvalue weighted by Gasteiger charge is 1.98. The monoisotopic (exact) mass is 208 g/mol. The van der Waals surface area contributed by atoms with Gasteiger partial charge >= 0.3 is 5.97 Å². The quantitative estimate of drug-likeness (QED) is 0.434. The lowest BCUT2D eigenvalue weighted by Crippen LogP contribution is -1.94. The molecule has 0 aromatic heterocycles. The summed E-state index contributed by atoms with van der Waals surface area (Å²) in [7, 11) is 1.37. The van der Waals surface area contributed by atoms with E-state index in [1.165, 1.54) is 13.2 Å². The molecule has 0 aliphatic rings. The topological polar surface area (TPSA) is 26.3 Å². The maximum absolute atomic E-state index is 10.9. The van der Waals surface area contributed by atoms with Gasteiger partial charge in [-0.25, -0.2) is 4.79 Å². The van der Waals surface area contributed by atoms with Gasteiger partial charge in [-0.3, -0.25) is 0 Å². The number of hydrogen-bond donors (Lipinski definition) is 0. The Morgan fingerprint density at radius 3 is 2.57 bits per heavy atom. The van der Waals surface area contributed by atoms with E-state index < -0.39 is 0 Å². The summed E-state index contributed by atoms with van der Waals surface area (Å²) < 4.78 is 4.53. The molecule has 2 nitrogen and oxygen atoms in total. The summed E-state index contributed by atoms with van der Waals surface area (Å²) in [6.07, 6.45) is 1.48. The van der Waals surface area contributed by atoms with Crippen LogP contribution in [0.15, 0.2) is 46.2 Å². The summed E-state index contributed by atoms with van der Waals surface area (Å²) in [4.78, 5) is 12.9. The molecule has 0 saturated heterocycles. The molecular weight excluding hydrogens is 196 g/mol. The highest BCUT2D eigenvalue weighted by Crippen LogP contribution is 2.25. The molecule has 0 saturated carbocycles. The fraction of sp³-hybridized carbons (Fsp3) is 0.182. The standard InChI is InChI=1S/C11H12O2S/c1-9(8-11(12)13-2)14-10-6-4-3-5-7-10/h3-8H,1-2H3/b9-8-. The summed E-state index contributed by atoms with van der Waals surface area (Å²) in [6, 6.07) is 9.89. The highest BCUT2D eigenvalue weighted by molar-refractivity contribution is 8.03. The first-order valence-electron chi connectivity index (χ1n) is 4.21. The Morgan fingerprint density at radius 2 is 2.00 bits per heavy atom. The molecule has 0 radical (unpaired) electrons. The predicted octanol–water partition coefficient (Wildman–Crippen LogP) is 2.86. The molecule has 74 valence electrons. The van der Waals surface area contributed by atoms with Gasteiger partial charge in [0.2, 0.25) is 0 Å². The van der Waals surface area contributed by atoms with Gasteiger partial charge in [-0.2, -0.15) is 0 Å². The minimum Gasteiger partial charge on any atom is -0.466 e. The third-order valence-corrected chi connectivity index (χ3v) is 2.49. The molecule has 1 aromatic rings. The van der Waals surface area contributed by atoms with E-state index in [1.807, 2.05) is 37.3 Å². The Hall–Kier alpha value is -1.22. The molecule has 0 fully saturated rings. The van der Waals surface area contributed by atoms with Crippen LogP contribution in [0, 0.1) is 0 Å². The average molecular weight is 208 g/mol. The minimum absolute atomic E-state index is 0.314. The molecule has 0 heterocycles. The minimum atomic E-state index is -0.314. The number of carbonyl (C=O) groups is 1. The number of thioether (sulfide) groups is 1. The third-order valence-electron chi connectivity index (χ3n) is 1.54. The first-order chi connectivity index (χ1) is 6.72. The third kappa shape index (κ3) is 3.66. The van der Waals surface area contributed by atoms with Crippen LogP contribution in [0.5, 0.6) is 0 Å². The van der Waals surface area contributed by atoms with Crippen LogP contribution >= 0.6 is 11.8 Å². The number of ether oxygens (including phenoxy) is 1. The molecule has 1 rings (SSSR count). The number of allylic oxidation sites excluding steroid dienone is 1. The van der Waals surface area contributed by atoms with Gasteiger partial charge in [0.15, 0.2) is 0 Å². The largest absolute Gasteiger partial charge is 0.466 e. The zero-order chi connectivity index (χ0) is 10.4. The number of carbonyl (C=O) groups excluding carboxylic acids is 1. The van der Waals surface area contributed by atoms with E-state index in [4.69, 9.17) is 0 Å². The lowest BCUT2D eigenvalue weighted by Gasteiger charge is -2.00. The second-order valence-electron chi connectivity index (χ2n) is 2.69. The summed E-state index contributed by atoms with van der Waals surface area (Å²) in [5.41, 5.74) is 0. The predicted molar refractivity (Wildman–Crippen MR) is 58.1 cm³/mol. The summed E-state index contributed by atoms with van der Waals surface area (Å²) in [5.74, 6) is -0.314. The van der Waals surface area contributed by atoms with Crippen LogP contribution in [-0.2, 0) is 9.53 Å². The van der Waals surface area contributed by atoms with Gasteiger partial charge in [-0.15, -0.1) is 0 Å². The van der Waals surface area contributed by atoms with Crippen molar-refractivity contribution >= 4 is 17.7 Å². The Labute approximate surface area is 88.0 Å². The molecule has 0 amide bonds. The fourth-order valence-electron chi connectivity index (χ4n) is 0.929. The zero-order valence-electron chi connectivity index (χ0n) is 8.19. The smallest absolute Gasteiger partial charge is 0.331 e. The van der Waals surface area contributed by atoms with Crippen molar-refractivity contribution in [2.75, 3.05) is 7.11 Å². The normalized spacial score (nSPS) is 11.1. The van der Waals surface area contributed by atoms with E-state index >= 15 is 0 Å². The van der Waals surface area contributed by atoms with Gasteiger partial charge in [0.05, 0.1) is 7.11 Å². The number of rotatable bonds is 3. The van der Waals surface area contributed by atoms with Crippen LogP contribution in [0.4, 0.5) is 0 Å². The van der Waals surface area contributed by atoms with Crippen molar-refractivity contribution in [2.24, 2.45) is 0 Å². The van der Waals surface area contributed by atoms with Crippen molar-refractivity contribution in [3.63, 3.8) is 0 Å². The van der Waals surface area contributed by atoms with Crippen LogP contribution in [0.2, 0.25) is 0 Å². The van der Waals surface area contributed by atoms with Crippen molar-refractivity contribution in [1.29, 1.82) is 0 Å². The first kappa shape index (κ1) is 10.9. The lowest BCUT2D eigenvalue weighted by molar-refractivity contribution is -0.134. The van der Waals surface area contributed by atoms with Gasteiger partial charge in [-0.05, 0) is 24.0 Å². The van der Waals surface area contributed by atoms with Crippen molar-refractivity contribution in [1.82, 2.24) is 0 Å². The van der Waals surface area contributed by atoms with Crippen LogP contribution in [0.3, 0.4) is 0 Å². The second-order valence-corrected chi connectivity index (χ2v) is 4.01. The van der Waals surface area contributed by atoms with Gasteiger partial charge in [0.25, 0.3) is 0 Å². The number of methoxy groups -OCH3 is 1. The molecule has 3 heteroatoms. The molecule has 0 aliphatic heterocycles. The van der Waals surface area contributed by atoms with E-state index in [-0.39, 0.29) is 5.97 Å². The molecule has 0 aliphatic carbocycles. The Balaban J connectivity index is 2.61. The Morgan fingerprint density at radius 1 is 1.36 bits per heavy atom. The van der Waals surface area contributed by atoms with Crippen molar-refractivity contribution < 1.29 is 9.53 Å². The number of hydrogen-bond acceptors (Lipinski definition) is 3. The molecular formula is C11H12O2S. The van der Waals surface area contributed by atoms with Crippen molar-refractivity contribution in [3.8, 4) is 0 Å². The lowest BCUT2D eigenvalue weighted by atomic mass is 10.4. The van der Waals surface area contributed by atoms with Gasteiger partial charge in [0, 0.05) is 11.0 Å². The molecule has 1 aromatic carbocycles. The van der Waals surface area contributed by atoms with Crippen LogP contribution in [0.25, 0.3) is 0 Å². The van der Waals surface area contributed by atoms with Crippen molar-refractivity contribution in [2.45, 2.75) is 11.8 Å². The maximum Gasteiger partial charge on any atom is 0.331 e. The average Bonchev–Trinajstić information content (AvgIpc) is 2.19. The van der Waals surface area contributed by atoms with Crippen LogP contribution in [0.1, 0.15) is 6.92 Å².